The summed E-state index contributed by atoms with van der Waals surface area (Å²) < 4.78 is 0. The van der Waals surface area contributed by atoms with Gasteiger partial charge in [0.2, 0.25) is 5.95 Å². The monoisotopic (exact) mass is 234 g/mol. The Bertz CT molecular complexity index is 328. The summed E-state index contributed by atoms with van der Waals surface area (Å²) in [5.41, 5.74) is 7.13. The average molecular weight is 234 g/mol. The molecule has 0 aliphatic carbocycles. The Hall–Kier alpha value is -1.16. The maximum atomic E-state index is 5.89. The molecule has 0 unspecified atom stereocenters. The SMILES string of the molecule is CCCCc1cnc(N2CCC(N)CC2)nc1. The molecule has 1 aliphatic heterocycles. The molecule has 2 heterocycles. The van der Waals surface area contributed by atoms with Crippen molar-refractivity contribution in [3.8, 4) is 0 Å². The summed E-state index contributed by atoms with van der Waals surface area (Å²) in [7, 11) is 0. The van der Waals surface area contributed by atoms with Gasteiger partial charge in [0.1, 0.15) is 0 Å². The minimum atomic E-state index is 0.357. The van der Waals surface area contributed by atoms with Gasteiger partial charge >= 0.3 is 0 Å². The second kappa shape index (κ2) is 5.96. The van der Waals surface area contributed by atoms with E-state index in [1.807, 2.05) is 12.4 Å². The fourth-order valence-electron chi connectivity index (χ4n) is 2.12. The highest BCUT2D eigenvalue weighted by atomic mass is 15.2. The lowest BCUT2D eigenvalue weighted by molar-refractivity contribution is 0.495. The van der Waals surface area contributed by atoms with Crippen LogP contribution < -0.4 is 10.6 Å². The maximum absolute atomic E-state index is 5.89. The summed E-state index contributed by atoms with van der Waals surface area (Å²) in [4.78, 5) is 11.1. The lowest BCUT2D eigenvalue weighted by Crippen LogP contribution is -2.40. The molecule has 0 radical (unpaired) electrons. The quantitative estimate of drug-likeness (QED) is 0.862. The van der Waals surface area contributed by atoms with Crippen molar-refractivity contribution in [2.75, 3.05) is 18.0 Å². The number of aromatic nitrogens is 2. The number of piperidine rings is 1. The van der Waals surface area contributed by atoms with Gasteiger partial charge in [-0.3, -0.25) is 0 Å². The molecule has 0 atom stereocenters. The van der Waals surface area contributed by atoms with Gasteiger partial charge in [-0.05, 0) is 31.2 Å². The van der Waals surface area contributed by atoms with Gasteiger partial charge in [-0.25, -0.2) is 9.97 Å². The van der Waals surface area contributed by atoms with Crippen LogP contribution in [0.25, 0.3) is 0 Å². The number of hydrogen-bond acceptors (Lipinski definition) is 4. The Morgan fingerprint density at radius 1 is 1.29 bits per heavy atom. The van der Waals surface area contributed by atoms with Crippen LogP contribution in [-0.2, 0) is 6.42 Å². The minimum absolute atomic E-state index is 0.357. The molecular weight excluding hydrogens is 212 g/mol. The third-order valence-electron chi connectivity index (χ3n) is 3.33. The van der Waals surface area contributed by atoms with Gasteiger partial charge in [0, 0.05) is 31.5 Å². The summed E-state index contributed by atoms with van der Waals surface area (Å²) >= 11 is 0. The molecule has 0 saturated carbocycles. The minimum Gasteiger partial charge on any atom is -0.341 e. The van der Waals surface area contributed by atoms with E-state index in [0.717, 1.165) is 38.3 Å². The van der Waals surface area contributed by atoms with Crippen molar-refractivity contribution in [1.82, 2.24) is 9.97 Å². The van der Waals surface area contributed by atoms with Gasteiger partial charge < -0.3 is 10.6 Å². The summed E-state index contributed by atoms with van der Waals surface area (Å²) in [5, 5.41) is 0. The second-order valence-electron chi connectivity index (χ2n) is 4.82. The van der Waals surface area contributed by atoms with E-state index in [2.05, 4.69) is 21.8 Å². The predicted octanol–water partition coefficient (Wildman–Crippen LogP) is 1.75. The summed E-state index contributed by atoms with van der Waals surface area (Å²) in [5.74, 6) is 0.858. The van der Waals surface area contributed by atoms with Crippen LogP contribution in [0.15, 0.2) is 12.4 Å². The van der Waals surface area contributed by atoms with Gasteiger partial charge in [0.25, 0.3) is 0 Å². The standard InChI is InChI=1S/C13H22N4/c1-2-3-4-11-9-15-13(16-10-11)17-7-5-12(14)6-8-17/h9-10,12H,2-8,14H2,1H3. The van der Waals surface area contributed by atoms with Crippen LogP contribution in [0, 0.1) is 0 Å². The molecule has 94 valence electrons. The molecule has 1 aliphatic rings. The number of nitrogens with zero attached hydrogens (tertiary/aromatic N) is 3. The molecule has 1 aromatic rings. The highest BCUT2D eigenvalue weighted by Gasteiger charge is 2.17. The largest absolute Gasteiger partial charge is 0.341 e. The molecule has 2 N–H and O–H groups in total. The van der Waals surface area contributed by atoms with Crippen molar-refractivity contribution in [3.05, 3.63) is 18.0 Å². The molecule has 4 heteroatoms. The van der Waals surface area contributed by atoms with E-state index in [-0.39, 0.29) is 0 Å². The first-order valence-electron chi connectivity index (χ1n) is 6.61. The Morgan fingerprint density at radius 2 is 1.94 bits per heavy atom. The maximum Gasteiger partial charge on any atom is 0.225 e. The van der Waals surface area contributed by atoms with E-state index in [9.17, 15) is 0 Å². The zero-order valence-corrected chi connectivity index (χ0v) is 10.6. The molecule has 4 nitrogen and oxygen atoms in total. The third-order valence-corrected chi connectivity index (χ3v) is 3.33. The fraction of sp³-hybridized carbons (Fsp3) is 0.692. The van der Waals surface area contributed by atoms with Gasteiger partial charge in [0.05, 0.1) is 0 Å². The topological polar surface area (TPSA) is 55.0 Å². The first kappa shape index (κ1) is 12.3. The van der Waals surface area contributed by atoms with E-state index in [4.69, 9.17) is 5.73 Å². The zero-order chi connectivity index (χ0) is 12.1. The van der Waals surface area contributed by atoms with Crippen molar-refractivity contribution >= 4 is 5.95 Å². The third kappa shape index (κ3) is 3.40. The molecule has 0 bridgehead atoms. The first-order valence-corrected chi connectivity index (χ1v) is 6.61. The number of unbranched alkanes of at least 4 members (excludes halogenated alkanes) is 1. The van der Waals surface area contributed by atoms with Gasteiger partial charge in [-0.15, -0.1) is 0 Å². The summed E-state index contributed by atoms with van der Waals surface area (Å²) in [6.07, 6.45) is 9.52. The fourth-order valence-corrected chi connectivity index (χ4v) is 2.12. The molecule has 0 aromatic carbocycles. The Balaban J connectivity index is 1.93. The Morgan fingerprint density at radius 3 is 2.53 bits per heavy atom. The van der Waals surface area contributed by atoms with E-state index in [1.165, 1.54) is 18.4 Å². The number of aryl methyl sites for hydroxylation is 1. The van der Waals surface area contributed by atoms with Gasteiger partial charge in [0.15, 0.2) is 0 Å². The van der Waals surface area contributed by atoms with Crippen molar-refractivity contribution in [2.24, 2.45) is 5.73 Å². The van der Waals surface area contributed by atoms with E-state index < -0.39 is 0 Å². The van der Waals surface area contributed by atoms with Gasteiger partial charge in [-0.1, -0.05) is 13.3 Å². The van der Waals surface area contributed by atoms with Crippen LogP contribution in [0.1, 0.15) is 38.2 Å². The first-order chi connectivity index (χ1) is 8.29. The van der Waals surface area contributed by atoms with Crippen molar-refractivity contribution in [2.45, 2.75) is 45.1 Å². The Kier molecular flexibility index (Phi) is 4.31. The molecule has 1 saturated heterocycles. The van der Waals surface area contributed by atoms with Crippen LogP contribution >= 0.6 is 0 Å². The smallest absolute Gasteiger partial charge is 0.225 e. The lowest BCUT2D eigenvalue weighted by Gasteiger charge is -2.30. The highest BCUT2D eigenvalue weighted by Crippen LogP contribution is 2.15. The number of anilines is 1. The van der Waals surface area contributed by atoms with Crippen molar-refractivity contribution < 1.29 is 0 Å². The number of nitrogens with two attached hydrogens (primary N) is 1. The van der Waals surface area contributed by atoms with E-state index >= 15 is 0 Å². The highest BCUT2D eigenvalue weighted by molar-refractivity contribution is 5.30. The van der Waals surface area contributed by atoms with Crippen LogP contribution in [-0.4, -0.2) is 29.1 Å². The average Bonchev–Trinajstić information content (AvgIpc) is 2.38. The Labute approximate surface area is 103 Å². The normalized spacial score (nSPS) is 17.4. The molecule has 17 heavy (non-hydrogen) atoms. The van der Waals surface area contributed by atoms with Crippen LogP contribution in [0.3, 0.4) is 0 Å². The summed E-state index contributed by atoms with van der Waals surface area (Å²) in [6.45, 7) is 4.16. The van der Waals surface area contributed by atoms with Gasteiger partial charge in [-0.2, -0.15) is 0 Å². The van der Waals surface area contributed by atoms with Crippen LogP contribution in [0.5, 0.6) is 0 Å². The molecular formula is C13H22N4. The molecule has 1 fully saturated rings. The molecule has 2 rings (SSSR count). The molecule has 1 aromatic heterocycles. The predicted molar refractivity (Wildman–Crippen MR) is 70.1 cm³/mol. The zero-order valence-electron chi connectivity index (χ0n) is 10.6. The van der Waals surface area contributed by atoms with Crippen LogP contribution in [0.4, 0.5) is 5.95 Å². The lowest BCUT2D eigenvalue weighted by atomic mass is 10.1. The molecule has 0 amide bonds. The van der Waals surface area contributed by atoms with E-state index in [0.29, 0.717) is 6.04 Å². The number of hydrogen-bond donors (Lipinski definition) is 1. The van der Waals surface area contributed by atoms with Crippen molar-refractivity contribution in [1.29, 1.82) is 0 Å². The molecule has 0 spiro atoms. The number of rotatable bonds is 4. The second-order valence-corrected chi connectivity index (χ2v) is 4.82. The van der Waals surface area contributed by atoms with Crippen molar-refractivity contribution in [3.63, 3.8) is 0 Å². The van der Waals surface area contributed by atoms with Crippen LogP contribution in [0.2, 0.25) is 0 Å². The van der Waals surface area contributed by atoms with E-state index in [1.54, 1.807) is 0 Å². The summed E-state index contributed by atoms with van der Waals surface area (Å²) in [6, 6.07) is 0.357.